The van der Waals surface area contributed by atoms with Crippen LogP contribution in [0.2, 0.25) is 0 Å². The van der Waals surface area contributed by atoms with Gasteiger partial charge in [0.2, 0.25) is 0 Å². The first-order valence-corrected chi connectivity index (χ1v) is 5.44. The number of aryl methyl sites for hydroxylation is 1. The summed E-state index contributed by atoms with van der Waals surface area (Å²) >= 11 is 0. The minimum atomic E-state index is 0.747. The lowest BCUT2D eigenvalue weighted by atomic mass is 10.1. The molecule has 0 saturated heterocycles. The predicted molar refractivity (Wildman–Crippen MR) is 59.1 cm³/mol. The van der Waals surface area contributed by atoms with E-state index in [4.69, 9.17) is 0 Å². The minimum absolute atomic E-state index is 0.747. The van der Waals surface area contributed by atoms with Gasteiger partial charge in [0.15, 0.2) is 0 Å². The molecule has 0 saturated carbocycles. The van der Waals surface area contributed by atoms with Gasteiger partial charge >= 0.3 is 0 Å². The Kier molecular flexibility index (Phi) is 4.66. The third-order valence-corrected chi connectivity index (χ3v) is 2.20. The van der Waals surface area contributed by atoms with Crippen LogP contribution in [0, 0.1) is 5.92 Å². The zero-order chi connectivity index (χ0) is 10.4. The molecule has 0 aliphatic heterocycles. The second kappa shape index (κ2) is 5.81. The molecule has 1 aromatic heterocycles. The highest BCUT2D eigenvalue weighted by atomic mass is 15.3. The molecule has 3 heteroatoms. The second-order valence-electron chi connectivity index (χ2n) is 4.07. The molecule has 0 amide bonds. The van der Waals surface area contributed by atoms with E-state index in [1.807, 2.05) is 10.9 Å². The summed E-state index contributed by atoms with van der Waals surface area (Å²) in [6.07, 6.45) is 5.27. The van der Waals surface area contributed by atoms with Gasteiger partial charge in [-0.1, -0.05) is 20.8 Å². The van der Waals surface area contributed by atoms with Crippen LogP contribution in [0.1, 0.15) is 32.8 Å². The zero-order valence-electron chi connectivity index (χ0n) is 9.45. The van der Waals surface area contributed by atoms with Crippen LogP contribution in [-0.4, -0.2) is 16.3 Å². The molecule has 1 N–H and O–H groups in total. The molecule has 0 radical (unpaired) electrons. The molecule has 0 aliphatic rings. The van der Waals surface area contributed by atoms with Gasteiger partial charge in [-0.2, -0.15) is 5.10 Å². The first-order valence-electron chi connectivity index (χ1n) is 5.44. The molecule has 0 unspecified atom stereocenters. The van der Waals surface area contributed by atoms with E-state index in [9.17, 15) is 0 Å². The summed E-state index contributed by atoms with van der Waals surface area (Å²) in [6, 6.07) is 0. The molecule has 1 heterocycles. The molecule has 0 fully saturated rings. The lowest BCUT2D eigenvalue weighted by molar-refractivity contribution is 0.487. The molecule has 1 rings (SSSR count). The fourth-order valence-corrected chi connectivity index (χ4v) is 1.28. The van der Waals surface area contributed by atoms with E-state index in [0.29, 0.717) is 0 Å². The SMILES string of the molecule is CCNCc1cnn(CCC(C)C)c1. The van der Waals surface area contributed by atoms with E-state index in [1.165, 1.54) is 12.0 Å². The fraction of sp³-hybridized carbons (Fsp3) is 0.727. The normalized spacial score (nSPS) is 11.1. The summed E-state index contributed by atoms with van der Waals surface area (Å²) in [5.41, 5.74) is 1.27. The largest absolute Gasteiger partial charge is 0.313 e. The Balaban J connectivity index is 2.35. The van der Waals surface area contributed by atoms with Gasteiger partial charge < -0.3 is 5.32 Å². The molecule has 0 aliphatic carbocycles. The molecular weight excluding hydrogens is 174 g/mol. The maximum absolute atomic E-state index is 4.32. The van der Waals surface area contributed by atoms with Crippen LogP contribution < -0.4 is 5.32 Å². The molecule has 0 bridgehead atoms. The van der Waals surface area contributed by atoms with Crippen molar-refractivity contribution in [2.75, 3.05) is 6.54 Å². The molecule has 80 valence electrons. The highest BCUT2D eigenvalue weighted by Gasteiger charge is 1.99. The quantitative estimate of drug-likeness (QED) is 0.752. The zero-order valence-corrected chi connectivity index (χ0v) is 9.45. The number of hydrogen-bond donors (Lipinski definition) is 1. The highest BCUT2D eigenvalue weighted by Crippen LogP contribution is 2.03. The number of hydrogen-bond acceptors (Lipinski definition) is 2. The van der Waals surface area contributed by atoms with Crippen LogP contribution in [0.15, 0.2) is 12.4 Å². The van der Waals surface area contributed by atoms with E-state index in [2.05, 4.69) is 37.4 Å². The summed E-state index contributed by atoms with van der Waals surface area (Å²) in [4.78, 5) is 0. The molecule has 0 spiro atoms. The Morgan fingerprint density at radius 2 is 2.29 bits per heavy atom. The van der Waals surface area contributed by atoms with Gasteiger partial charge in [-0.3, -0.25) is 4.68 Å². The van der Waals surface area contributed by atoms with E-state index < -0.39 is 0 Å². The van der Waals surface area contributed by atoms with Crippen LogP contribution in [0.5, 0.6) is 0 Å². The Labute approximate surface area is 86.5 Å². The molecule has 0 atom stereocenters. The number of aromatic nitrogens is 2. The molecule has 1 aromatic rings. The van der Waals surface area contributed by atoms with Gasteiger partial charge in [0, 0.05) is 24.8 Å². The predicted octanol–water partition coefficient (Wildman–Crippen LogP) is 2.04. The van der Waals surface area contributed by atoms with Gasteiger partial charge in [0.05, 0.1) is 6.20 Å². The Morgan fingerprint density at radius 1 is 1.50 bits per heavy atom. The maximum atomic E-state index is 4.32. The first-order chi connectivity index (χ1) is 6.72. The van der Waals surface area contributed by atoms with E-state index in [-0.39, 0.29) is 0 Å². The summed E-state index contributed by atoms with van der Waals surface area (Å²) in [6.45, 7) is 9.56. The minimum Gasteiger partial charge on any atom is -0.313 e. The summed E-state index contributed by atoms with van der Waals surface area (Å²) < 4.78 is 2.03. The second-order valence-corrected chi connectivity index (χ2v) is 4.07. The highest BCUT2D eigenvalue weighted by molar-refractivity contribution is 5.03. The van der Waals surface area contributed by atoms with Crippen LogP contribution in [-0.2, 0) is 13.1 Å². The van der Waals surface area contributed by atoms with Crippen LogP contribution in [0.3, 0.4) is 0 Å². The van der Waals surface area contributed by atoms with Crippen molar-refractivity contribution in [3.05, 3.63) is 18.0 Å². The first kappa shape index (κ1) is 11.2. The smallest absolute Gasteiger partial charge is 0.0534 e. The summed E-state index contributed by atoms with van der Waals surface area (Å²) in [5.74, 6) is 0.747. The number of nitrogens with one attached hydrogen (secondary N) is 1. The summed E-state index contributed by atoms with van der Waals surface area (Å²) in [7, 11) is 0. The number of nitrogens with zero attached hydrogens (tertiary/aromatic N) is 2. The Hall–Kier alpha value is -0.830. The van der Waals surface area contributed by atoms with Crippen molar-refractivity contribution >= 4 is 0 Å². The van der Waals surface area contributed by atoms with Gasteiger partial charge in [-0.15, -0.1) is 0 Å². The van der Waals surface area contributed by atoms with Crippen LogP contribution in [0.4, 0.5) is 0 Å². The van der Waals surface area contributed by atoms with E-state index in [0.717, 1.165) is 25.6 Å². The van der Waals surface area contributed by atoms with Gasteiger partial charge in [0.25, 0.3) is 0 Å². The van der Waals surface area contributed by atoms with Crippen molar-refractivity contribution < 1.29 is 0 Å². The molecular formula is C11H21N3. The van der Waals surface area contributed by atoms with Crippen molar-refractivity contribution in [3.63, 3.8) is 0 Å². The van der Waals surface area contributed by atoms with Crippen molar-refractivity contribution in [2.24, 2.45) is 5.92 Å². The van der Waals surface area contributed by atoms with Crippen molar-refractivity contribution in [1.29, 1.82) is 0 Å². The maximum Gasteiger partial charge on any atom is 0.0534 e. The molecule has 0 aromatic carbocycles. The van der Waals surface area contributed by atoms with Crippen molar-refractivity contribution in [3.8, 4) is 0 Å². The topological polar surface area (TPSA) is 29.9 Å². The number of rotatable bonds is 6. The Morgan fingerprint density at radius 3 is 2.93 bits per heavy atom. The average molecular weight is 195 g/mol. The van der Waals surface area contributed by atoms with Crippen molar-refractivity contribution in [2.45, 2.75) is 40.3 Å². The standard InChI is InChI=1S/C11H21N3/c1-4-12-7-11-8-13-14(9-11)6-5-10(2)3/h8-10,12H,4-7H2,1-3H3. The Bertz CT molecular complexity index is 253. The van der Waals surface area contributed by atoms with E-state index >= 15 is 0 Å². The lowest BCUT2D eigenvalue weighted by Gasteiger charge is -2.03. The van der Waals surface area contributed by atoms with Gasteiger partial charge in [-0.25, -0.2) is 0 Å². The van der Waals surface area contributed by atoms with Crippen molar-refractivity contribution in [1.82, 2.24) is 15.1 Å². The monoisotopic (exact) mass is 195 g/mol. The third kappa shape index (κ3) is 3.92. The van der Waals surface area contributed by atoms with E-state index in [1.54, 1.807) is 0 Å². The van der Waals surface area contributed by atoms with Gasteiger partial charge in [0.1, 0.15) is 0 Å². The molecule has 3 nitrogen and oxygen atoms in total. The van der Waals surface area contributed by atoms with Gasteiger partial charge in [-0.05, 0) is 18.9 Å². The summed E-state index contributed by atoms with van der Waals surface area (Å²) in [5, 5.41) is 7.61. The lowest BCUT2D eigenvalue weighted by Crippen LogP contribution is -2.11. The fourth-order valence-electron chi connectivity index (χ4n) is 1.28. The van der Waals surface area contributed by atoms with Crippen LogP contribution >= 0.6 is 0 Å². The third-order valence-electron chi connectivity index (χ3n) is 2.20. The molecule has 14 heavy (non-hydrogen) atoms. The van der Waals surface area contributed by atoms with Crippen LogP contribution in [0.25, 0.3) is 0 Å². The average Bonchev–Trinajstić information content (AvgIpc) is 2.59.